The zero-order chi connectivity index (χ0) is 18.5. The summed E-state index contributed by atoms with van der Waals surface area (Å²) in [5.41, 5.74) is 1.73. The lowest BCUT2D eigenvalue weighted by Gasteiger charge is -2.33. The Morgan fingerprint density at radius 3 is 2.92 bits per heavy atom. The Balaban J connectivity index is 1.59. The van der Waals surface area contributed by atoms with Crippen LogP contribution in [0.1, 0.15) is 24.2 Å². The zero-order valence-corrected chi connectivity index (χ0v) is 15.2. The fourth-order valence-corrected chi connectivity index (χ4v) is 3.18. The molecule has 2 N–H and O–H groups in total. The van der Waals surface area contributed by atoms with Gasteiger partial charge in [0, 0.05) is 31.7 Å². The number of carbonyl (C=O) groups is 1. The van der Waals surface area contributed by atoms with E-state index in [9.17, 15) is 9.18 Å². The van der Waals surface area contributed by atoms with Gasteiger partial charge in [0.2, 0.25) is 0 Å². The highest BCUT2D eigenvalue weighted by Crippen LogP contribution is 2.21. The molecule has 0 saturated carbocycles. The fourth-order valence-electron chi connectivity index (χ4n) is 3.18. The van der Waals surface area contributed by atoms with Crippen molar-refractivity contribution in [2.75, 3.05) is 32.8 Å². The molecule has 6 nitrogen and oxygen atoms in total. The van der Waals surface area contributed by atoms with Crippen molar-refractivity contribution in [1.29, 1.82) is 0 Å². The summed E-state index contributed by atoms with van der Waals surface area (Å²) in [6.45, 7) is 8.30. The third-order valence-electron chi connectivity index (χ3n) is 4.35. The number of morpholine rings is 1. The summed E-state index contributed by atoms with van der Waals surface area (Å²) in [6, 6.07) is 5.95. The number of ether oxygens (including phenoxy) is 1. The molecule has 1 fully saturated rings. The molecule has 0 bridgehead atoms. The van der Waals surface area contributed by atoms with Gasteiger partial charge in [-0.05, 0) is 30.2 Å². The minimum Gasteiger partial charge on any atom is -0.374 e. The summed E-state index contributed by atoms with van der Waals surface area (Å²) in [4.78, 5) is 14.9. The average molecular weight is 360 g/mol. The molecule has 0 spiro atoms. The number of carbonyl (C=O) groups excluding carboxylic acids is 1. The van der Waals surface area contributed by atoms with Crippen molar-refractivity contribution in [2.45, 2.75) is 20.0 Å². The number of halogens is 1. The lowest BCUT2D eigenvalue weighted by atomic mass is 10.1. The van der Waals surface area contributed by atoms with Gasteiger partial charge in [0.1, 0.15) is 5.82 Å². The van der Waals surface area contributed by atoms with Crippen LogP contribution in [0.2, 0.25) is 0 Å². The molecular formula is C19H25FN4O2. The SMILES string of the molecule is CC(C)CN1CCOC(CNC(=O)c2cn[nH]c2-c2ccc(F)cc2)C1. The molecule has 2 heterocycles. The van der Waals surface area contributed by atoms with Crippen molar-refractivity contribution >= 4 is 5.91 Å². The smallest absolute Gasteiger partial charge is 0.255 e. The van der Waals surface area contributed by atoms with E-state index in [0.29, 0.717) is 35.9 Å². The van der Waals surface area contributed by atoms with Crippen LogP contribution in [0.25, 0.3) is 11.3 Å². The number of H-pyrrole nitrogens is 1. The molecule has 7 heteroatoms. The van der Waals surface area contributed by atoms with E-state index in [4.69, 9.17) is 4.74 Å². The standard InChI is InChI=1S/C19H25FN4O2/c1-13(2)11-24-7-8-26-16(12-24)9-21-19(25)17-10-22-23-18(17)14-3-5-15(20)6-4-14/h3-6,10,13,16H,7-9,11-12H2,1-2H3,(H,21,25)(H,22,23). The van der Waals surface area contributed by atoms with Crippen molar-refractivity contribution in [3.63, 3.8) is 0 Å². The predicted molar refractivity (Wildman–Crippen MR) is 97.3 cm³/mol. The van der Waals surface area contributed by atoms with Gasteiger partial charge in [0.25, 0.3) is 5.91 Å². The molecule has 2 aromatic rings. The number of hydrogen-bond acceptors (Lipinski definition) is 4. The highest BCUT2D eigenvalue weighted by molar-refractivity contribution is 5.99. The highest BCUT2D eigenvalue weighted by atomic mass is 19.1. The number of nitrogens with zero attached hydrogens (tertiary/aromatic N) is 2. The van der Waals surface area contributed by atoms with E-state index in [2.05, 4.69) is 34.3 Å². The van der Waals surface area contributed by atoms with Gasteiger partial charge < -0.3 is 10.1 Å². The molecule has 1 aliphatic heterocycles. The molecule has 1 unspecified atom stereocenters. The molecule has 1 aliphatic rings. The first kappa shape index (κ1) is 18.5. The van der Waals surface area contributed by atoms with Crippen molar-refractivity contribution in [3.05, 3.63) is 41.8 Å². The number of benzene rings is 1. The van der Waals surface area contributed by atoms with Crippen molar-refractivity contribution in [1.82, 2.24) is 20.4 Å². The van der Waals surface area contributed by atoms with Crippen LogP contribution in [0.15, 0.2) is 30.5 Å². The largest absolute Gasteiger partial charge is 0.374 e. The van der Waals surface area contributed by atoms with Crippen LogP contribution in [-0.2, 0) is 4.74 Å². The van der Waals surface area contributed by atoms with Gasteiger partial charge in [-0.1, -0.05) is 13.8 Å². The molecule has 1 saturated heterocycles. The lowest BCUT2D eigenvalue weighted by Crippen LogP contribution is -2.48. The van der Waals surface area contributed by atoms with Crippen LogP contribution < -0.4 is 5.32 Å². The van der Waals surface area contributed by atoms with Gasteiger partial charge in [0.15, 0.2) is 0 Å². The van der Waals surface area contributed by atoms with Gasteiger partial charge in [-0.25, -0.2) is 4.39 Å². The molecule has 1 aromatic heterocycles. The van der Waals surface area contributed by atoms with E-state index in [1.54, 1.807) is 12.1 Å². The van der Waals surface area contributed by atoms with Gasteiger partial charge in [-0.3, -0.25) is 14.8 Å². The van der Waals surface area contributed by atoms with E-state index in [-0.39, 0.29) is 17.8 Å². The Labute approximate surface area is 152 Å². The van der Waals surface area contributed by atoms with E-state index in [1.165, 1.54) is 18.3 Å². The third-order valence-corrected chi connectivity index (χ3v) is 4.35. The Hall–Kier alpha value is -2.25. The Morgan fingerprint density at radius 1 is 1.42 bits per heavy atom. The van der Waals surface area contributed by atoms with Crippen LogP contribution in [-0.4, -0.2) is 59.9 Å². The van der Waals surface area contributed by atoms with Gasteiger partial charge in [-0.15, -0.1) is 0 Å². The number of aromatic nitrogens is 2. The van der Waals surface area contributed by atoms with E-state index in [1.807, 2.05) is 0 Å². The monoisotopic (exact) mass is 360 g/mol. The second kappa shape index (κ2) is 8.42. The predicted octanol–water partition coefficient (Wildman–Crippen LogP) is 2.30. The quantitative estimate of drug-likeness (QED) is 0.829. The summed E-state index contributed by atoms with van der Waals surface area (Å²) in [5, 5.41) is 9.70. The van der Waals surface area contributed by atoms with E-state index < -0.39 is 0 Å². The number of hydrogen-bond donors (Lipinski definition) is 2. The number of rotatable bonds is 6. The van der Waals surface area contributed by atoms with Gasteiger partial charge >= 0.3 is 0 Å². The Morgan fingerprint density at radius 2 is 2.19 bits per heavy atom. The summed E-state index contributed by atoms with van der Waals surface area (Å²) in [6.07, 6.45) is 1.47. The maximum Gasteiger partial charge on any atom is 0.255 e. The van der Waals surface area contributed by atoms with Crippen molar-refractivity contribution < 1.29 is 13.9 Å². The molecule has 1 aromatic carbocycles. The maximum atomic E-state index is 13.1. The van der Waals surface area contributed by atoms with E-state index >= 15 is 0 Å². The normalized spacial score (nSPS) is 18.2. The first-order valence-electron chi connectivity index (χ1n) is 8.94. The molecule has 1 amide bonds. The molecule has 140 valence electrons. The molecule has 3 rings (SSSR count). The molecule has 26 heavy (non-hydrogen) atoms. The number of amides is 1. The topological polar surface area (TPSA) is 70.2 Å². The minimum atomic E-state index is -0.320. The average Bonchev–Trinajstić information content (AvgIpc) is 3.10. The molecule has 1 atom stereocenters. The van der Waals surface area contributed by atoms with Crippen molar-refractivity contribution in [3.8, 4) is 11.3 Å². The van der Waals surface area contributed by atoms with Gasteiger partial charge in [0.05, 0.1) is 30.2 Å². The van der Waals surface area contributed by atoms with Crippen LogP contribution in [0, 0.1) is 11.7 Å². The van der Waals surface area contributed by atoms with Crippen LogP contribution in [0.3, 0.4) is 0 Å². The lowest BCUT2D eigenvalue weighted by molar-refractivity contribution is -0.0295. The van der Waals surface area contributed by atoms with E-state index in [0.717, 1.165) is 19.6 Å². The molecule has 0 aliphatic carbocycles. The minimum absolute atomic E-state index is 0.0207. The zero-order valence-electron chi connectivity index (χ0n) is 15.2. The van der Waals surface area contributed by atoms with Crippen LogP contribution >= 0.6 is 0 Å². The Kier molecular flexibility index (Phi) is 6.00. The molecular weight excluding hydrogens is 335 g/mol. The summed E-state index contributed by atoms with van der Waals surface area (Å²) in [7, 11) is 0. The van der Waals surface area contributed by atoms with Gasteiger partial charge in [-0.2, -0.15) is 5.10 Å². The van der Waals surface area contributed by atoms with Crippen molar-refractivity contribution in [2.24, 2.45) is 5.92 Å². The second-order valence-corrected chi connectivity index (χ2v) is 7.02. The highest BCUT2D eigenvalue weighted by Gasteiger charge is 2.22. The summed E-state index contributed by atoms with van der Waals surface area (Å²) < 4.78 is 18.9. The third kappa shape index (κ3) is 4.68. The van der Waals surface area contributed by atoms with Crippen LogP contribution in [0.4, 0.5) is 4.39 Å². The first-order chi connectivity index (χ1) is 12.5. The maximum absolute atomic E-state index is 13.1. The number of aromatic amines is 1. The van der Waals surface area contributed by atoms with Crippen LogP contribution in [0.5, 0.6) is 0 Å². The fraction of sp³-hybridized carbons (Fsp3) is 0.474. The summed E-state index contributed by atoms with van der Waals surface area (Å²) >= 11 is 0. The Bertz CT molecular complexity index is 729. The first-order valence-corrected chi connectivity index (χ1v) is 8.94. The second-order valence-electron chi connectivity index (χ2n) is 7.02. The summed E-state index contributed by atoms with van der Waals surface area (Å²) in [5.74, 6) is 0.0647. The number of nitrogens with one attached hydrogen (secondary N) is 2. The molecule has 0 radical (unpaired) electrons.